The van der Waals surface area contributed by atoms with Crippen molar-refractivity contribution in [3.63, 3.8) is 0 Å². The van der Waals surface area contributed by atoms with Gasteiger partial charge in [0, 0.05) is 33.4 Å². The molecule has 4 fully saturated rings. The molecule has 0 saturated heterocycles. The molecule has 0 radical (unpaired) electrons. The van der Waals surface area contributed by atoms with Crippen molar-refractivity contribution in [1.82, 2.24) is 0 Å². The van der Waals surface area contributed by atoms with Crippen molar-refractivity contribution in [2.45, 2.75) is 231 Å². The summed E-state index contributed by atoms with van der Waals surface area (Å²) in [6.45, 7) is 43.4. The summed E-state index contributed by atoms with van der Waals surface area (Å²) >= 11 is 0. The minimum absolute atomic E-state index is 0.277. The van der Waals surface area contributed by atoms with Crippen molar-refractivity contribution in [3.05, 3.63) is 276 Å². The topological polar surface area (TPSA) is 158 Å². The van der Waals surface area contributed by atoms with Gasteiger partial charge in [0.05, 0.1) is 0 Å². The van der Waals surface area contributed by atoms with Crippen LogP contribution in [0.4, 0.5) is 0 Å². The monoisotopic (exact) mass is 1380 g/mol. The summed E-state index contributed by atoms with van der Waals surface area (Å²) in [6, 6.07) is 50.8. The van der Waals surface area contributed by atoms with Crippen LogP contribution in [-0.2, 0) is 91.6 Å². The lowest BCUT2D eigenvalue weighted by molar-refractivity contribution is -0.160. The Morgan fingerprint density at radius 3 is 1.18 bits per heavy atom. The van der Waals surface area contributed by atoms with Crippen LogP contribution in [0, 0.1) is 6.92 Å². The van der Waals surface area contributed by atoms with Gasteiger partial charge in [0.25, 0.3) is 0 Å². The van der Waals surface area contributed by atoms with Gasteiger partial charge in [-0.3, -0.25) is 0 Å². The number of hydrogen-bond donors (Lipinski definition) is 0. The summed E-state index contributed by atoms with van der Waals surface area (Å²) in [6.07, 6.45) is 22.1. The average Bonchev–Trinajstić information content (AvgIpc) is 1.21. The number of hydrogen-bond acceptors (Lipinski definition) is 12. The van der Waals surface area contributed by atoms with E-state index in [0.29, 0.717) is 33.4 Å². The molecule has 11 rings (SSSR count). The minimum Gasteiger partial charge on any atom is -0.451 e. The third-order valence-electron chi connectivity index (χ3n) is 19.5. The molecule has 12 nitrogen and oxygen atoms in total. The second-order valence-electron chi connectivity index (χ2n) is 28.9. The van der Waals surface area contributed by atoms with E-state index in [1.807, 2.05) is 106 Å². The number of carbonyl (C=O) groups excluding carboxylic acids is 6. The van der Waals surface area contributed by atoms with Crippen molar-refractivity contribution in [3.8, 4) is 0 Å². The molecule has 0 amide bonds. The first kappa shape index (κ1) is 81.5. The molecule has 0 aromatic heterocycles. The second kappa shape index (κ2) is 37.5. The lowest BCUT2D eigenvalue weighted by Crippen LogP contribution is -2.34. The van der Waals surface area contributed by atoms with Crippen molar-refractivity contribution in [2.75, 3.05) is 0 Å². The molecule has 0 aliphatic heterocycles. The highest BCUT2D eigenvalue weighted by molar-refractivity contribution is 5.90. The fourth-order valence-corrected chi connectivity index (χ4v) is 13.4. The van der Waals surface area contributed by atoms with Crippen LogP contribution in [0.1, 0.15) is 223 Å². The maximum absolute atomic E-state index is 11.9. The van der Waals surface area contributed by atoms with Crippen LogP contribution in [0.5, 0.6) is 0 Å². The highest BCUT2D eigenvalue weighted by Gasteiger charge is 2.42. The Labute approximate surface area is 608 Å². The first-order valence-corrected chi connectivity index (χ1v) is 36.1. The van der Waals surface area contributed by atoms with Crippen LogP contribution < -0.4 is 0 Å². The van der Waals surface area contributed by atoms with E-state index in [1.165, 1.54) is 22.9 Å². The van der Waals surface area contributed by atoms with Gasteiger partial charge >= 0.3 is 35.8 Å². The Kier molecular flexibility index (Phi) is 30.0. The van der Waals surface area contributed by atoms with E-state index in [-0.39, 0.29) is 35.8 Å². The first-order chi connectivity index (χ1) is 48.3. The molecule has 0 bridgehead atoms. The zero-order chi connectivity index (χ0) is 74.9. The molecular formula is C90H110O12. The predicted molar refractivity (Wildman–Crippen MR) is 410 cm³/mol. The third-order valence-corrected chi connectivity index (χ3v) is 19.5. The van der Waals surface area contributed by atoms with Crippen LogP contribution in [0.3, 0.4) is 0 Å². The average molecular weight is 1380 g/mol. The van der Waals surface area contributed by atoms with Gasteiger partial charge in [-0.15, -0.1) is 0 Å². The van der Waals surface area contributed by atoms with Crippen LogP contribution >= 0.6 is 0 Å². The Morgan fingerprint density at radius 1 is 0.382 bits per heavy atom. The summed E-state index contributed by atoms with van der Waals surface area (Å²) in [4.78, 5) is 70.1. The standard InChI is InChI=1S/C17H18O2.2C16H20O2.2C15H18O2.C11H16O2/c1-12(2)16(18)19-17(3,4)15-10-9-13-7-5-6-8-14(13)11-15;1-12(2)15(17)18-16(10-4-5-11-16)14-8-6-13(3)7-9-14;1-13(2)15(17)18-16(11-7-4-8-12-16)14-9-5-3-6-10-14;1-11(2)14(16)17-15(3)10-6-8-12-7-4-5-9-13(12)15;1-12(2)14(16)17-15(10-6-7-11-15)13-8-4-3-5-9-13;1-4-11(7-5-6-8-11)13-10(12)9(2)3/h5-11H,1H2,2-4H3;6-9H,1,4-5,10-11H2,2-3H3;3,5-6,9-10H,1,4,7-8,11-12H2,2H3;4-5,7,9H,1,6,8,10H2,2-3H3;3-5,8-9H,1,6-7,10-11H2,2H3;4H,1-2,5-8H2,3H3. The number of rotatable bonds is 17. The highest BCUT2D eigenvalue weighted by Crippen LogP contribution is 2.45. The molecule has 12 heteroatoms. The number of carbonyl (C=O) groups is 6. The Balaban J connectivity index is 0.000000193. The number of aryl methyl sites for hydroxylation is 2. The molecule has 0 N–H and O–H groups in total. The van der Waals surface area contributed by atoms with E-state index < -0.39 is 33.6 Å². The zero-order valence-corrected chi connectivity index (χ0v) is 62.5. The normalized spacial score (nSPS) is 17.6. The van der Waals surface area contributed by atoms with Crippen LogP contribution in [-0.4, -0.2) is 41.4 Å². The summed E-state index contributed by atoms with van der Waals surface area (Å²) in [7, 11) is 0. The van der Waals surface area contributed by atoms with Gasteiger partial charge in [-0.2, -0.15) is 0 Å². The molecule has 5 aliphatic carbocycles. The predicted octanol–water partition coefficient (Wildman–Crippen LogP) is 21.6. The van der Waals surface area contributed by atoms with E-state index in [9.17, 15) is 28.8 Å². The Hall–Kier alpha value is -9.42. The van der Waals surface area contributed by atoms with Crippen molar-refractivity contribution < 1.29 is 57.2 Å². The molecule has 6 aromatic rings. The van der Waals surface area contributed by atoms with Crippen molar-refractivity contribution in [2.24, 2.45) is 0 Å². The zero-order valence-electron chi connectivity index (χ0n) is 62.5. The molecular weight excluding hydrogens is 1270 g/mol. The molecule has 542 valence electrons. The van der Waals surface area contributed by atoms with Crippen molar-refractivity contribution in [1.29, 1.82) is 0 Å². The molecule has 5 aliphatic rings. The van der Waals surface area contributed by atoms with Crippen LogP contribution in [0.25, 0.3) is 10.8 Å². The molecule has 0 heterocycles. The summed E-state index contributed by atoms with van der Waals surface area (Å²) in [5, 5.41) is 2.31. The minimum atomic E-state index is -0.667. The highest BCUT2D eigenvalue weighted by atomic mass is 16.6. The molecule has 4 saturated carbocycles. The molecule has 102 heavy (non-hydrogen) atoms. The van der Waals surface area contributed by atoms with Crippen molar-refractivity contribution >= 4 is 46.6 Å². The molecule has 1 unspecified atom stereocenters. The van der Waals surface area contributed by atoms with Gasteiger partial charge in [-0.1, -0.05) is 204 Å². The number of ether oxygens (including phenoxy) is 6. The Morgan fingerprint density at radius 2 is 0.745 bits per heavy atom. The number of fused-ring (bicyclic) bond motifs is 2. The third kappa shape index (κ3) is 22.8. The quantitative estimate of drug-likeness (QED) is 0.0369. The van der Waals surface area contributed by atoms with E-state index in [4.69, 9.17) is 28.4 Å². The van der Waals surface area contributed by atoms with Gasteiger partial charge in [0.2, 0.25) is 0 Å². The number of esters is 6. The fraction of sp³-hybridized carbons (Fsp3) is 0.400. The van der Waals surface area contributed by atoms with E-state index >= 15 is 0 Å². The Bertz CT molecular complexity index is 3940. The maximum atomic E-state index is 11.9. The fourth-order valence-electron chi connectivity index (χ4n) is 13.4. The smallest absolute Gasteiger partial charge is 0.333 e. The van der Waals surface area contributed by atoms with E-state index in [1.54, 1.807) is 47.6 Å². The second-order valence-corrected chi connectivity index (χ2v) is 28.9. The summed E-state index contributed by atoms with van der Waals surface area (Å²) in [5.41, 5.74) is 7.81. The number of benzene rings is 6. The van der Waals surface area contributed by atoms with Crippen LogP contribution in [0.2, 0.25) is 0 Å². The molecule has 6 aromatic carbocycles. The van der Waals surface area contributed by atoms with Crippen LogP contribution in [0.15, 0.2) is 237 Å². The first-order valence-electron chi connectivity index (χ1n) is 36.1. The largest absolute Gasteiger partial charge is 0.451 e. The maximum Gasteiger partial charge on any atom is 0.333 e. The SMILES string of the molecule is C=C(C)C(=O)OC(C)(C)c1ccc2ccccc2c1.C=C(C)C(=O)OC1(C)CCCc2ccccc21.C=C(C)C(=O)OC1(c2ccc(C)cc2)CCCC1.C=C(C)C(=O)OC1(c2ccccc2)CCCC1.C=C(C)C(=O)OC1(c2ccccc2)CCCCC1.C=CC1(OC(=O)C(=C)C)CCCC1. The summed E-state index contributed by atoms with van der Waals surface area (Å²) in [5.74, 6) is -1.81. The van der Waals surface area contributed by atoms with Gasteiger partial charge in [-0.05, 0) is 248 Å². The van der Waals surface area contributed by atoms with Gasteiger partial charge in [0.1, 0.15) is 33.6 Å². The lowest BCUT2D eigenvalue weighted by atomic mass is 9.79. The summed E-state index contributed by atoms with van der Waals surface area (Å²) < 4.78 is 33.7. The van der Waals surface area contributed by atoms with Gasteiger partial charge in [-0.25, -0.2) is 28.8 Å². The van der Waals surface area contributed by atoms with E-state index in [0.717, 1.165) is 155 Å². The van der Waals surface area contributed by atoms with Gasteiger partial charge < -0.3 is 28.4 Å². The van der Waals surface area contributed by atoms with Gasteiger partial charge in [0.15, 0.2) is 0 Å². The molecule has 1 atom stereocenters. The molecule has 0 spiro atoms. The van der Waals surface area contributed by atoms with E-state index in [2.05, 4.69) is 120 Å². The lowest BCUT2D eigenvalue weighted by Gasteiger charge is -2.37.